The molecule has 0 aliphatic heterocycles. The minimum absolute atomic E-state index is 0.0730. The molecular weight excluding hydrogens is 308 g/mol. The summed E-state index contributed by atoms with van der Waals surface area (Å²) in [6.45, 7) is 6.47. The summed E-state index contributed by atoms with van der Waals surface area (Å²) in [5.74, 6) is -1.64. The van der Waals surface area contributed by atoms with Crippen LogP contribution in [0.2, 0.25) is 0 Å². The molecule has 1 aromatic carbocycles. The number of hydrogen-bond acceptors (Lipinski definition) is 6. The van der Waals surface area contributed by atoms with Crippen LogP contribution in [0, 0.1) is 29.6 Å². The minimum Gasteiger partial charge on any atom is -0.482 e. The van der Waals surface area contributed by atoms with Crippen molar-refractivity contribution in [3.8, 4) is 11.8 Å². The fourth-order valence-electron chi connectivity index (χ4n) is 2.07. The lowest BCUT2D eigenvalue weighted by molar-refractivity contribution is -0.150. The Bertz CT molecular complexity index is 674. The van der Waals surface area contributed by atoms with Gasteiger partial charge in [-0.3, -0.25) is 4.79 Å². The van der Waals surface area contributed by atoms with Gasteiger partial charge in [0.2, 0.25) is 0 Å². The Balaban J connectivity index is 2.59. The quantitative estimate of drug-likeness (QED) is 0.583. The minimum atomic E-state index is -1.18. The standard InChI is InChI=1S/C18H22N2O4/c1-11(2)14-6-5-12(3)7-17(14)23-10-18(22)24-9-16(21)15(8-19)13(4)20/h5-7,11,15,20H,9-10H2,1-4H3/t15-/m1/s1. The van der Waals surface area contributed by atoms with Gasteiger partial charge in [0, 0.05) is 5.71 Å². The monoisotopic (exact) mass is 330 g/mol. The number of nitrogens with one attached hydrogen (secondary N) is 1. The second-order valence-electron chi connectivity index (χ2n) is 5.86. The summed E-state index contributed by atoms with van der Waals surface area (Å²) in [6, 6.07) is 7.48. The number of benzene rings is 1. The molecule has 0 amide bonds. The lowest BCUT2D eigenvalue weighted by atomic mass is 10.0. The maximum absolute atomic E-state index is 11.7. The third-order valence-corrected chi connectivity index (χ3v) is 3.40. The van der Waals surface area contributed by atoms with E-state index in [9.17, 15) is 9.59 Å². The van der Waals surface area contributed by atoms with Crippen LogP contribution < -0.4 is 4.74 Å². The van der Waals surface area contributed by atoms with E-state index in [4.69, 9.17) is 20.1 Å². The van der Waals surface area contributed by atoms with Crippen LogP contribution in [0.3, 0.4) is 0 Å². The molecule has 6 nitrogen and oxygen atoms in total. The number of nitriles is 1. The molecule has 0 saturated heterocycles. The SMILES string of the molecule is CC(=N)[C@@H](C#N)C(=O)COC(=O)COc1cc(C)ccc1C(C)C. The Hall–Kier alpha value is -2.68. The normalized spacial score (nSPS) is 11.5. The molecule has 0 unspecified atom stereocenters. The van der Waals surface area contributed by atoms with Gasteiger partial charge in [0.05, 0.1) is 6.07 Å². The van der Waals surface area contributed by atoms with Crippen LogP contribution in [0.4, 0.5) is 0 Å². The number of esters is 1. The van der Waals surface area contributed by atoms with Gasteiger partial charge in [-0.25, -0.2) is 4.79 Å². The highest BCUT2D eigenvalue weighted by Gasteiger charge is 2.21. The summed E-state index contributed by atoms with van der Waals surface area (Å²) in [7, 11) is 0. The lowest BCUT2D eigenvalue weighted by Crippen LogP contribution is -2.27. The molecule has 0 heterocycles. The van der Waals surface area contributed by atoms with Crippen molar-refractivity contribution in [1.82, 2.24) is 0 Å². The largest absolute Gasteiger partial charge is 0.482 e. The number of Topliss-reactive ketones (excluding diaryl/α,β-unsaturated/α-hetero) is 1. The van der Waals surface area contributed by atoms with E-state index in [0.717, 1.165) is 11.1 Å². The first-order valence-electron chi connectivity index (χ1n) is 7.62. The fraction of sp³-hybridized carbons (Fsp3) is 0.444. The van der Waals surface area contributed by atoms with Crippen molar-refractivity contribution in [3.63, 3.8) is 0 Å². The first-order chi connectivity index (χ1) is 11.3. The summed E-state index contributed by atoms with van der Waals surface area (Å²) < 4.78 is 10.3. The first-order valence-corrected chi connectivity index (χ1v) is 7.62. The van der Waals surface area contributed by atoms with Crippen LogP contribution >= 0.6 is 0 Å². The molecule has 24 heavy (non-hydrogen) atoms. The highest BCUT2D eigenvalue weighted by atomic mass is 16.6. The molecule has 0 aliphatic rings. The Morgan fingerprint density at radius 1 is 1.29 bits per heavy atom. The second kappa shape index (κ2) is 8.82. The predicted octanol–water partition coefficient (Wildman–Crippen LogP) is 2.79. The van der Waals surface area contributed by atoms with Crippen molar-refractivity contribution in [2.24, 2.45) is 5.92 Å². The molecule has 1 aromatic rings. The van der Waals surface area contributed by atoms with Crippen molar-refractivity contribution in [1.29, 1.82) is 10.7 Å². The van der Waals surface area contributed by atoms with Crippen LogP contribution in [0.25, 0.3) is 0 Å². The van der Waals surface area contributed by atoms with E-state index in [2.05, 4.69) is 0 Å². The van der Waals surface area contributed by atoms with Gasteiger partial charge in [-0.15, -0.1) is 0 Å². The summed E-state index contributed by atoms with van der Waals surface area (Å²) >= 11 is 0. The molecule has 0 spiro atoms. The van der Waals surface area contributed by atoms with E-state index >= 15 is 0 Å². The van der Waals surface area contributed by atoms with E-state index in [0.29, 0.717) is 5.75 Å². The van der Waals surface area contributed by atoms with Gasteiger partial charge in [-0.05, 0) is 37.0 Å². The van der Waals surface area contributed by atoms with Gasteiger partial charge in [-0.1, -0.05) is 26.0 Å². The van der Waals surface area contributed by atoms with Crippen molar-refractivity contribution < 1.29 is 19.1 Å². The lowest BCUT2D eigenvalue weighted by Gasteiger charge is -2.14. The van der Waals surface area contributed by atoms with Gasteiger partial charge in [0.15, 0.2) is 19.0 Å². The number of nitrogens with zero attached hydrogens (tertiary/aromatic N) is 1. The summed E-state index contributed by atoms with van der Waals surface area (Å²) in [6.07, 6.45) is 0. The van der Waals surface area contributed by atoms with Gasteiger partial charge in [-0.2, -0.15) is 5.26 Å². The molecule has 0 aromatic heterocycles. The zero-order valence-corrected chi connectivity index (χ0v) is 14.4. The Morgan fingerprint density at radius 3 is 2.50 bits per heavy atom. The number of aryl methyl sites for hydroxylation is 1. The van der Waals surface area contributed by atoms with E-state index in [1.165, 1.54) is 6.92 Å². The number of carbonyl (C=O) groups is 2. The average Bonchev–Trinajstić information content (AvgIpc) is 2.50. The Labute approximate surface area is 141 Å². The van der Waals surface area contributed by atoms with Gasteiger partial charge < -0.3 is 14.9 Å². The predicted molar refractivity (Wildman–Crippen MR) is 89.2 cm³/mol. The molecule has 128 valence electrons. The van der Waals surface area contributed by atoms with E-state index < -0.39 is 24.3 Å². The molecule has 6 heteroatoms. The van der Waals surface area contributed by atoms with Crippen molar-refractivity contribution >= 4 is 17.5 Å². The van der Waals surface area contributed by atoms with E-state index in [1.807, 2.05) is 39.0 Å². The van der Waals surface area contributed by atoms with Crippen molar-refractivity contribution in [2.45, 2.75) is 33.6 Å². The number of hydrogen-bond donors (Lipinski definition) is 1. The number of ether oxygens (including phenoxy) is 2. The fourth-order valence-corrected chi connectivity index (χ4v) is 2.07. The number of carbonyl (C=O) groups excluding carboxylic acids is 2. The smallest absolute Gasteiger partial charge is 0.344 e. The molecule has 1 rings (SSSR count). The van der Waals surface area contributed by atoms with Gasteiger partial charge >= 0.3 is 5.97 Å². The maximum Gasteiger partial charge on any atom is 0.344 e. The third kappa shape index (κ3) is 5.51. The third-order valence-electron chi connectivity index (χ3n) is 3.40. The molecule has 0 aliphatic carbocycles. The summed E-state index contributed by atoms with van der Waals surface area (Å²) in [4.78, 5) is 23.4. The Morgan fingerprint density at radius 2 is 1.96 bits per heavy atom. The molecule has 1 atom stereocenters. The molecule has 0 radical (unpaired) electrons. The molecular formula is C18H22N2O4. The van der Waals surface area contributed by atoms with Gasteiger partial charge in [0.1, 0.15) is 11.7 Å². The van der Waals surface area contributed by atoms with Crippen LogP contribution in [-0.2, 0) is 14.3 Å². The van der Waals surface area contributed by atoms with E-state index in [-0.39, 0.29) is 18.2 Å². The highest BCUT2D eigenvalue weighted by Crippen LogP contribution is 2.27. The van der Waals surface area contributed by atoms with Crippen LogP contribution in [-0.4, -0.2) is 30.7 Å². The molecule has 0 fully saturated rings. The summed E-state index contributed by atoms with van der Waals surface area (Å²) in [5, 5.41) is 16.2. The van der Waals surface area contributed by atoms with Crippen LogP contribution in [0.1, 0.15) is 37.8 Å². The Kier molecular flexibility index (Phi) is 7.12. The number of ketones is 1. The average molecular weight is 330 g/mol. The molecule has 1 N–H and O–H groups in total. The molecule has 0 saturated carbocycles. The second-order valence-corrected chi connectivity index (χ2v) is 5.86. The number of rotatable bonds is 8. The van der Waals surface area contributed by atoms with Gasteiger partial charge in [0.25, 0.3) is 0 Å². The highest BCUT2D eigenvalue weighted by molar-refractivity contribution is 6.06. The van der Waals surface area contributed by atoms with E-state index in [1.54, 1.807) is 6.07 Å². The topological polar surface area (TPSA) is 100 Å². The van der Waals surface area contributed by atoms with Crippen molar-refractivity contribution in [2.75, 3.05) is 13.2 Å². The first kappa shape index (κ1) is 19.4. The maximum atomic E-state index is 11.7. The summed E-state index contributed by atoms with van der Waals surface area (Å²) in [5.41, 5.74) is 1.92. The van der Waals surface area contributed by atoms with Crippen LogP contribution in [0.5, 0.6) is 5.75 Å². The van der Waals surface area contributed by atoms with Crippen LogP contribution in [0.15, 0.2) is 18.2 Å². The zero-order chi connectivity index (χ0) is 18.3. The van der Waals surface area contributed by atoms with Crippen molar-refractivity contribution in [3.05, 3.63) is 29.3 Å². The zero-order valence-electron chi connectivity index (χ0n) is 14.4. The molecule has 0 bridgehead atoms.